The van der Waals surface area contributed by atoms with E-state index in [9.17, 15) is 9.18 Å². The second-order valence-electron chi connectivity index (χ2n) is 7.03. The van der Waals surface area contributed by atoms with E-state index in [1.807, 2.05) is 4.90 Å². The molecule has 0 N–H and O–H groups in total. The molecule has 1 aromatic heterocycles. The number of rotatable bonds is 4. The van der Waals surface area contributed by atoms with Crippen molar-refractivity contribution in [3.8, 4) is 11.6 Å². The number of amides is 1. The molecule has 3 aromatic rings. The van der Waals surface area contributed by atoms with Gasteiger partial charge in [0.2, 0.25) is 5.88 Å². The van der Waals surface area contributed by atoms with Crippen LogP contribution >= 0.6 is 23.2 Å². The number of carbonyl (C=O) groups is 1. The van der Waals surface area contributed by atoms with E-state index in [0.29, 0.717) is 47.7 Å². The largest absolute Gasteiger partial charge is 0.439 e. The Balaban J connectivity index is 1.43. The molecule has 0 spiro atoms. The van der Waals surface area contributed by atoms with E-state index in [0.717, 1.165) is 13.0 Å². The molecule has 1 aliphatic heterocycles. The summed E-state index contributed by atoms with van der Waals surface area (Å²) in [7, 11) is 0. The summed E-state index contributed by atoms with van der Waals surface area (Å²) in [6.45, 7) is 2.58. The monoisotopic (exact) mass is 460 g/mol. The summed E-state index contributed by atoms with van der Waals surface area (Å²) in [5.41, 5.74) is 0.619. The molecular formula is C22H19Cl2FN4O2. The van der Waals surface area contributed by atoms with Gasteiger partial charge in [0, 0.05) is 48.9 Å². The van der Waals surface area contributed by atoms with Crippen LogP contribution in [0.15, 0.2) is 54.9 Å². The average molecular weight is 461 g/mol. The van der Waals surface area contributed by atoms with Gasteiger partial charge in [0.25, 0.3) is 5.91 Å². The van der Waals surface area contributed by atoms with Crippen molar-refractivity contribution in [2.45, 2.75) is 6.42 Å². The fourth-order valence-electron chi connectivity index (χ4n) is 3.34. The first kappa shape index (κ1) is 21.3. The first-order valence-corrected chi connectivity index (χ1v) is 10.5. The number of aromatic nitrogens is 2. The first-order chi connectivity index (χ1) is 15.0. The average Bonchev–Trinajstić information content (AvgIpc) is 3.03. The van der Waals surface area contributed by atoms with Crippen LogP contribution in [0.1, 0.15) is 16.8 Å². The van der Waals surface area contributed by atoms with Gasteiger partial charge in [0.1, 0.15) is 23.7 Å². The highest BCUT2D eigenvalue weighted by atomic mass is 35.5. The van der Waals surface area contributed by atoms with Crippen LogP contribution in [0.5, 0.6) is 11.6 Å². The zero-order chi connectivity index (χ0) is 21.8. The van der Waals surface area contributed by atoms with E-state index >= 15 is 0 Å². The van der Waals surface area contributed by atoms with E-state index < -0.39 is 5.82 Å². The maximum absolute atomic E-state index is 13.3. The molecule has 2 heterocycles. The van der Waals surface area contributed by atoms with Crippen molar-refractivity contribution in [2.24, 2.45) is 0 Å². The Morgan fingerprint density at radius 1 is 0.968 bits per heavy atom. The Labute approximate surface area is 189 Å². The van der Waals surface area contributed by atoms with Gasteiger partial charge >= 0.3 is 0 Å². The molecule has 0 saturated carbocycles. The lowest BCUT2D eigenvalue weighted by atomic mass is 10.2. The molecule has 1 fully saturated rings. The SMILES string of the molecule is O=C(c1ccc(Cl)cc1)N1CCCN(c2cc(Oc3ccc(F)c(Cl)c3)ncn2)CC1. The third-order valence-electron chi connectivity index (χ3n) is 4.94. The van der Waals surface area contributed by atoms with Gasteiger partial charge in [-0.25, -0.2) is 14.4 Å². The van der Waals surface area contributed by atoms with E-state index in [-0.39, 0.29) is 10.9 Å². The number of halogens is 3. The lowest BCUT2D eigenvalue weighted by Gasteiger charge is -2.23. The Kier molecular flexibility index (Phi) is 6.53. The maximum atomic E-state index is 13.3. The standard InChI is InChI=1S/C22H19Cl2FN4O2/c23-16-4-2-15(3-5-16)22(30)29-9-1-8-28(10-11-29)20-13-21(27-14-26-20)31-17-6-7-19(25)18(24)12-17/h2-7,12-14H,1,8-11H2. The lowest BCUT2D eigenvalue weighted by Crippen LogP contribution is -2.35. The van der Waals surface area contributed by atoms with Gasteiger partial charge in [-0.1, -0.05) is 23.2 Å². The summed E-state index contributed by atoms with van der Waals surface area (Å²) in [5.74, 6) is 0.870. The van der Waals surface area contributed by atoms with Crippen LogP contribution < -0.4 is 9.64 Å². The molecule has 0 unspecified atom stereocenters. The normalized spacial score (nSPS) is 14.3. The molecule has 2 aromatic carbocycles. The van der Waals surface area contributed by atoms with E-state index in [4.69, 9.17) is 27.9 Å². The van der Waals surface area contributed by atoms with Crippen LogP contribution in [0.25, 0.3) is 0 Å². The van der Waals surface area contributed by atoms with E-state index in [1.54, 1.807) is 30.3 Å². The van der Waals surface area contributed by atoms with Crippen LogP contribution in [0, 0.1) is 5.82 Å². The minimum atomic E-state index is -0.514. The number of carbonyl (C=O) groups excluding carboxylic acids is 1. The molecular weight excluding hydrogens is 442 g/mol. The molecule has 0 aliphatic carbocycles. The maximum Gasteiger partial charge on any atom is 0.253 e. The highest BCUT2D eigenvalue weighted by Crippen LogP contribution is 2.26. The molecule has 0 radical (unpaired) electrons. The summed E-state index contributed by atoms with van der Waals surface area (Å²) in [4.78, 5) is 25.2. The zero-order valence-corrected chi connectivity index (χ0v) is 18.0. The number of ether oxygens (including phenoxy) is 1. The predicted octanol–water partition coefficient (Wildman–Crippen LogP) is 5.07. The summed E-state index contributed by atoms with van der Waals surface area (Å²) >= 11 is 11.7. The number of hydrogen-bond acceptors (Lipinski definition) is 5. The lowest BCUT2D eigenvalue weighted by molar-refractivity contribution is 0.0767. The van der Waals surface area contributed by atoms with Crippen molar-refractivity contribution in [3.05, 3.63) is 76.3 Å². The first-order valence-electron chi connectivity index (χ1n) is 9.74. The van der Waals surface area contributed by atoms with Crippen LogP contribution in [0.3, 0.4) is 0 Å². The van der Waals surface area contributed by atoms with Gasteiger partial charge in [-0.2, -0.15) is 0 Å². The van der Waals surface area contributed by atoms with Crippen molar-refractivity contribution in [3.63, 3.8) is 0 Å². The molecule has 9 heteroatoms. The highest BCUT2D eigenvalue weighted by molar-refractivity contribution is 6.31. The zero-order valence-electron chi connectivity index (χ0n) is 16.5. The number of anilines is 1. The Morgan fingerprint density at radius 2 is 1.77 bits per heavy atom. The highest BCUT2D eigenvalue weighted by Gasteiger charge is 2.21. The van der Waals surface area contributed by atoms with Crippen LogP contribution in [0.2, 0.25) is 10.0 Å². The van der Waals surface area contributed by atoms with Crippen molar-refractivity contribution < 1.29 is 13.9 Å². The van der Waals surface area contributed by atoms with Crippen LogP contribution in [0.4, 0.5) is 10.2 Å². The second kappa shape index (κ2) is 9.49. The summed E-state index contributed by atoms with van der Waals surface area (Å²) in [5, 5.41) is 0.577. The van der Waals surface area contributed by atoms with Crippen molar-refractivity contribution in [1.82, 2.24) is 14.9 Å². The molecule has 1 saturated heterocycles. The molecule has 160 valence electrons. The van der Waals surface area contributed by atoms with Gasteiger partial charge in [-0.15, -0.1) is 0 Å². The van der Waals surface area contributed by atoms with Crippen molar-refractivity contribution >= 4 is 34.9 Å². The number of nitrogens with zero attached hydrogens (tertiary/aromatic N) is 4. The fourth-order valence-corrected chi connectivity index (χ4v) is 3.64. The van der Waals surface area contributed by atoms with Crippen molar-refractivity contribution in [2.75, 3.05) is 31.1 Å². The number of benzene rings is 2. The Morgan fingerprint density at radius 3 is 2.55 bits per heavy atom. The minimum absolute atomic E-state index is 0.0154. The summed E-state index contributed by atoms with van der Waals surface area (Å²) < 4.78 is 19.0. The summed E-state index contributed by atoms with van der Waals surface area (Å²) in [6, 6.07) is 12.7. The van der Waals surface area contributed by atoms with Crippen LogP contribution in [-0.2, 0) is 0 Å². The molecule has 0 bridgehead atoms. The van der Waals surface area contributed by atoms with Gasteiger partial charge in [-0.05, 0) is 42.8 Å². The van der Waals surface area contributed by atoms with Gasteiger partial charge in [0.15, 0.2) is 0 Å². The van der Waals surface area contributed by atoms with Gasteiger partial charge in [-0.3, -0.25) is 4.79 Å². The molecule has 1 aliphatic rings. The predicted molar refractivity (Wildman–Crippen MR) is 118 cm³/mol. The third-order valence-corrected chi connectivity index (χ3v) is 5.48. The quantitative estimate of drug-likeness (QED) is 0.543. The number of hydrogen-bond donors (Lipinski definition) is 0. The third kappa shape index (κ3) is 5.24. The molecule has 0 atom stereocenters. The van der Waals surface area contributed by atoms with Crippen molar-refractivity contribution in [1.29, 1.82) is 0 Å². The van der Waals surface area contributed by atoms with E-state index in [1.165, 1.54) is 24.5 Å². The molecule has 6 nitrogen and oxygen atoms in total. The molecule has 1 amide bonds. The van der Waals surface area contributed by atoms with Crippen LogP contribution in [-0.4, -0.2) is 47.0 Å². The summed E-state index contributed by atoms with van der Waals surface area (Å²) in [6.07, 6.45) is 2.21. The van der Waals surface area contributed by atoms with Gasteiger partial charge < -0.3 is 14.5 Å². The topological polar surface area (TPSA) is 58.6 Å². The minimum Gasteiger partial charge on any atom is -0.439 e. The molecule has 31 heavy (non-hydrogen) atoms. The van der Waals surface area contributed by atoms with Gasteiger partial charge in [0.05, 0.1) is 5.02 Å². The van der Waals surface area contributed by atoms with E-state index in [2.05, 4.69) is 14.9 Å². The smallest absolute Gasteiger partial charge is 0.253 e. The second-order valence-corrected chi connectivity index (χ2v) is 7.88. The Bertz CT molecular complexity index is 1080. The molecule has 4 rings (SSSR count). The Hall–Kier alpha value is -2.90. The fraction of sp³-hybridized carbons (Fsp3) is 0.227.